The average molecular weight is 332 g/mol. The van der Waals surface area contributed by atoms with Gasteiger partial charge >= 0.3 is 5.97 Å². The third-order valence-corrected chi connectivity index (χ3v) is 3.98. The zero-order valence-electron chi connectivity index (χ0n) is 14.1. The number of hydrogen-bond acceptors (Lipinski definition) is 7. The van der Waals surface area contributed by atoms with E-state index in [4.69, 9.17) is 23.7 Å². The lowest BCUT2D eigenvalue weighted by molar-refractivity contribution is -0.257. The van der Waals surface area contributed by atoms with Gasteiger partial charge in [0.1, 0.15) is 18.3 Å². The van der Waals surface area contributed by atoms with Gasteiger partial charge in [0.2, 0.25) is 0 Å². The molecule has 6 atom stereocenters. The van der Waals surface area contributed by atoms with Crippen LogP contribution >= 0.6 is 0 Å². The first-order chi connectivity index (χ1) is 11.1. The van der Waals surface area contributed by atoms with Crippen molar-refractivity contribution in [1.82, 2.24) is 0 Å². The van der Waals surface area contributed by atoms with Crippen molar-refractivity contribution in [1.29, 1.82) is 0 Å². The quantitative estimate of drug-likeness (QED) is 0.531. The maximum Gasteiger partial charge on any atom is 0.338 e. The van der Waals surface area contributed by atoms with Gasteiger partial charge < -0.3 is 28.8 Å². The van der Waals surface area contributed by atoms with Gasteiger partial charge in [0.15, 0.2) is 18.7 Å². The van der Waals surface area contributed by atoms with Gasteiger partial charge in [0.25, 0.3) is 0 Å². The molecule has 0 radical (unpaired) electrons. The summed E-state index contributed by atoms with van der Waals surface area (Å²) in [5, 5.41) is 10.5. The summed E-state index contributed by atoms with van der Waals surface area (Å²) in [6.45, 7) is 6.60. The van der Waals surface area contributed by atoms with Crippen LogP contribution in [-0.2, 0) is 28.5 Å². The van der Waals surface area contributed by atoms with Crippen molar-refractivity contribution < 1.29 is 33.6 Å². The summed E-state index contributed by atoms with van der Waals surface area (Å²) >= 11 is 0. The average Bonchev–Trinajstić information content (AvgIpc) is 2.89. The normalized spacial score (nSPS) is 36.7. The van der Waals surface area contributed by atoms with Crippen molar-refractivity contribution in [3.05, 3.63) is 0 Å². The summed E-state index contributed by atoms with van der Waals surface area (Å²) in [5.41, 5.74) is 0. The lowest BCUT2D eigenvalue weighted by Crippen LogP contribution is -2.60. The molecule has 134 valence electrons. The van der Waals surface area contributed by atoms with Gasteiger partial charge in [-0.3, -0.25) is 0 Å². The topological polar surface area (TPSA) is 83.5 Å². The lowest BCUT2D eigenvalue weighted by Gasteiger charge is -2.39. The molecule has 0 saturated carbocycles. The predicted molar refractivity (Wildman–Crippen MR) is 80.6 cm³/mol. The van der Waals surface area contributed by atoms with E-state index >= 15 is 0 Å². The second-order valence-electron chi connectivity index (χ2n) is 5.93. The molecule has 2 unspecified atom stereocenters. The van der Waals surface area contributed by atoms with Crippen molar-refractivity contribution in [2.24, 2.45) is 0 Å². The van der Waals surface area contributed by atoms with Crippen molar-refractivity contribution in [3.63, 3.8) is 0 Å². The van der Waals surface area contributed by atoms with Crippen LogP contribution in [0.25, 0.3) is 0 Å². The molecule has 0 aliphatic carbocycles. The van der Waals surface area contributed by atoms with E-state index in [2.05, 4.69) is 6.92 Å². The van der Waals surface area contributed by atoms with E-state index in [1.807, 2.05) is 6.92 Å². The molecular weight excluding hydrogens is 304 g/mol. The maximum atomic E-state index is 12.2. The highest BCUT2D eigenvalue weighted by Gasteiger charge is 2.54. The summed E-state index contributed by atoms with van der Waals surface area (Å²) in [6, 6.07) is 0. The third kappa shape index (κ3) is 4.64. The summed E-state index contributed by atoms with van der Waals surface area (Å²) in [6.07, 6.45) is -1.15. The van der Waals surface area contributed by atoms with Crippen LogP contribution in [-0.4, -0.2) is 61.3 Å². The number of carbonyl (C=O) groups is 1. The number of fused-ring (bicyclic) bond motifs is 1. The van der Waals surface area contributed by atoms with E-state index < -0.39 is 43.0 Å². The first kappa shape index (κ1) is 18.6. The Balaban J connectivity index is 2.01. The predicted octanol–water partition coefficient (Wildman–Crippen LogP) is 1.36. The molecule has 7 heteroatoms. The minimum atomic E-state index is -1.14. The molecule has 7 nitrogen and oxygen atoms in total. The summed E-state index contributed by atoms with van der Waals surface area (Å²) < 4.78 is 27.6. The SMILES string of the molecule is CCCCOC(=O)[C@@H]1O[C@H]2OC(C)O[C@H]2C(OCCCC)[C@@H]1O. The highest BCUT2D eigenvalue weighted by molar-refractivity contribution is 5.75. The molecule has 2 aliphatic heterocycles. The Hall–Kier alpha value is -0.730. The van der Waals surface area contributed by atoms with Crippen molar-refractivity contribution >= 4 is 5.97 Å². The molecule has 0 aromatic carbocycles. The number of carbonyl (C=O) groups excluding carboxylic acids is 1. The molecule has 2 rings (SSSR count). The third-order valence-electron chi connectivity index (χ3n) is 3.98. The monoisotopic (exact) mass is 332 g/mol. The largest absolute Gasteiger partial charge is 0.464 e. The Labute approximate surface area is 137 Å². The molecular formula is C16H28O7. The van der Waals surface area contributed by atoms with Crippen LogP contribution in [0.2, 0.25) is 0 Å². The number of aliphatic hydroxyl groups is 1. The zero-order valence-corrected chi connectivity index (χ0v) is 14.1. The Morgan fingerprint density at radius 3 is 2.48 bits per heavy atom. The molecule has 2 aliphatic rings. The molecule has 0 aromatic heterocycles. The second-order valence-corrected chi connectivity index (χ2v) is 5.93. The number of rotatable bonds is 8. The summed E-state index contributed by atoms with van der Waals surface area (Å²) in [4.78, 5) is 12.2. The Bertz CT molecular complexity index is 375. The van der Waals surface area contributed by atoms with E-state index in [-0.39, 0.29) is 0 Å². The molecule has 0 bridgehead atoms. The van der Waals surface area contributed by atoms with Crippen LogP contribution in [0.5, 0.6) is 0 Å². The van der Waals surface area contributed by atoms with Crippen LogP contribution in [0.1, 0.15) is 46.5 Å². The number of unbranched alkanes of at least 4 members (excludes halogenated alkanes) is 2. The van der Waals surface area contributed by atoms with Gasteiger partial charge in [-0.2, -0.15) is 0 Å². The van der Waals surface area contributed by atoms with E-state index in [1.54, 1.807) is 6.92 Å². The van der Waals surface area contributed by atoms with Gasteiger partial charge in [0, 0.05) is 6.61 Å². The van der Waals surface area contributed by atoms with Crippen LogP contribution in [0, 0.1) is 0 Å². The van der Waals surface area contributed by atoms with Gasteiger partial charge in [-0.05, 0) is 19.8 Å². The van der Waals surface area contributed by atoms with Crippen LogP contribution in [0.3, 0.4) is 0 Å². The zero-order chi connectivity index (χ0) is 16.8. The highest BCUT2D eigenvalue weighted by Crippen LogP contribution is 2.33. The fourth-order valence-electron chi connectivity index (χ4n) is 2.67. The maximum absolute atomic E-state index is 12.2. The number of aliphatic hydroxyl groups excluding tert-OH is 1. The van der Waals surface area contributed by atoms with Gasteiger partial charge in [-0.15, -0.1) is 0 Å². The fraction of sp³-hybridized carbons (Fsp3) is 0.938. The van der Waals surface area contributed by atoms with Crippen molar-refractivity contribution in [2.75, 3.05) is 13.2 Å². The van der Waals surface area contributed by atoms with Gasteiger partial charge in [-0.1, -0.05) is 26.7 Å². The van der Waals surface area contributed by atoms with Gasteiger partial charge in [0.05, 0.1) is 6.61 Å². The van der Waals surface area contributed by atoms with Crippen molar-refractivity contribution in [3.8, 4) is 0 Å². The Morgan fingerprint density at radius 1 is 1.09 bits per heavy atom. The molecule has 0 spiro atoms. The minimum absolute atomic E-state index is 0.311. The number of esters is 1. The molecule has 23 heavy (non-hydrogen) atoms. The van der Waals surface area contributed by atoms with Gasteiger partial charge in [-0.25, -0.2) is 4.79 Å². The standard InChI is InChI=1S/C16H28O7/c1-4-6-8-19-12-11(17)13(15(18)20-9-7-5-2)23-16-14(12)21-10(3)22-16/h10-14,16-17H,4-9H2,1-3H3/t10?,11-,12?,13+,14-,16+/m0/s1. The lowest BCUT2D eigenvalue weighted by atomic mass is 9.98. The molecule has 2 fully saturated rings. The number of ether oxygens (including phenoxy) is 5. The van der Waals surface area contributed by atoms with Crippen LogP contribution in [0.4, 0.5) is 0 Å². The summed E-state index contributed by atoms with van der Waals surface area (Å²) in [5.74, 6) is -0.586. The Morgan fingerprint density at radius 2 is 1.78 bits per heavy atom. The molecule has 0 aromatic rings. The summed E-state index contributed by atoms with van der Waals surface area (Å²) in [7, 11) is 0. The van der Waals surface area contributed by atoms with Crippen LogP contribution in [0.15, 0.2) is 0 Å². The molecule has 2 heterocycles. The first-order valence-corrected chi connectivity index (χ1v) is 8.51. The fourth-order valence-corrected chi connectivity index (χ4v) is 2.67. The molecule has 1 N–H and O–H groups in total. The Kier molecular flexibility index (Phi) is 7.23. The van der Waals surface area contributed by atoms with Crippen LogP contribution < -0.4 is 0 Å². The van der Waals surface area contributed by atoms with Crippen molar-refractivity contribution in [2.45, 2.75) is 83.5 Å². The van der Waals surface area contributed by atoms with E-state index in [0.717, 1.165) is 25.7 Å². The smallest absolute Gasteiger partial charge is 0.338 e. The highest BCUT2D eigenvalue weighted by atomic mass is 16.8. The van der Waals surface area contributed by atoms with E-state index in [1.165, 1.54) is 0 Å². The van der Waals surface area contributed by atoms with E-state index in [0.29, 0.717) is 13.2 Å². The first-order valence-electron chi connectivity index (χ1n) is 8.51. The number of hydrogen-bond donors (Lipinski definition) is 1. The molecule has 0 amide bonds. The molecule has 2 saturated heterocycles. The second kappa shape index (κ2) is 8.94. The minimum Gasteiger partial charge on any atom is -0.464 e. The van der Waals surface area contributed by atoms with E-state index in [9.17, 15) is 9.90 Å².